The first-order chi connectivity index (χ1) is 9.00. The molecule has 1 saturated heterocycles. The van der Waals surface area contributed by atoms with E-state index >= 15 is 0 Å². The molecule has 1 atom stereocenters. The molecule has 1 aromatic carbocycles. The number of hydrogen-bond acceptors (Lipinski definition) is 4. The highest BCUT2D eigenvalue weighted by atomic mass is 79.9. The number of methoxy groups -OCH3 is 1. The zero-order chi connectivity index (χ0) is 13.9. The highest BCUT2D eigenvalue weighted by Gasteiger charge is 2.32. The summed E-state index contributed by atoms with van der Waals surface area (Å²) >= 11 is 3.54. The van der Waals surface area contributed by atoms with Crippen LogP contribution in [-0.2, 0) is 16.0 Å². The van der Waals surface area contributed by atoms with Crippen molar-refractivity contribution in [2.45, 2.75) is 32.3 Å². The number of rotatable bonds is 5. The van der Waals surface area contributed by atoms with Crippen LogP contribution in [0.15, 0.2) is 22.7 Å². The lowest BCUT2D eigenvalue weighted by molar-refractivity contribution is -0.137. The maximum absolute atomic E-state index is 5.74. The first-order valence-corrected chi connectivity index (χ1v) is 7.14. The van der Waals surface area contributed by atoms with Crippen LogP contribution in [0.25, 0.3) is 0 Å². The average Bonchev–Trinajstić information content (AvgIpc) is 2.71. The fourth-order valence-corrected chi connectivity index (χ4v) is 2.43. The van der Waals surface area contributed by atoms with E-state index < -0.39 is 5.79 Å². The van der Waals surface area contributed by atoms with Crippen molar-refractivity contribution in [2.24, 2.45) is 0 Å². The summed E-state index contributed by atoms with van der Waals surface area (Å²) in [5.41, 5.74) is 1.16. The van der Waals surface area contributed by atoms with E-state index in [9.17, 15) is 0 Å². The standard InChI is InChI=1S/C14H20BrNO3/c1-14(2)18-9-12(19-14)8-16-7-10-6-11(17-3)4-5-13(10)15/h4-6,12,16H,7-9H2,1-3H3. The summed E-state index contributed by atoms with van der Waals surface area (Å²) in [5, 5.41) is 3.38. The van der Waals surface area contributed by atoms with Crippen molar-refractivity contribution in [3.8, 4) is 5.75 Å². The molecule has 0 saturated carbocycles. The summed E-state index contributed by atoms with van der Waals surface area (Å²) in [6, 6.07) is 5.95. The van der Waals surface area contributed by atoms with Gasteiger partial charge in [-0.25, -0.2) is 0 Å². The maximum Gasteiger partial charge on any atom is 0.163 e. The third-order valence-corrected chi connectivity index (χ3v) is 3.78. The number of benzene rings is 1. The molecule has 5 heteroatoms. The Labute approximate surface area is 122 Å². The Kier molecular flexibility index (Phi) is 4.84. The predicted octanol–water partition coefficient (Wildman–Crippen LogP) is 2.70. The van der Waals surface area contributed by atoms with Gasteiger partial charge in [-0.05, 0) is 37.6 Å². The zero-order valence-corrected chi connectivity index (χ0v) is 13.1. The number of halogens is 1. The van der Waals surface area contributed by atoms with E-state index in [1.165, 1.54) is 0 Å². The summed E-state index contributed by atoms with van der Waals surface area (Å²) in [6.45, 7) is 6.04. The van der Waals surface area contributed by atoms with Gasteiger partial charge in [0.25, 0.3) is 0 Å². The molecule has 1 aliphatic heterocycles. The molecule has 1 unspecified atom stereocenters. The smallest absolute Gasteiger partial charge is 0.163 e. The molecule has 0 aliphatic carbocycles. The van der Waals surface area contributed by atoms with Crippen molar-refractivity contribution in [3.05, 3.63) is 28.2 Å². The number of hydrogen-bond donors (Lipinski definition) is 1. The van der Waals surface area contributed by atoms with Crippen molar-refractivity contribution in [2.75, 3.05) is 20.3 Å². The Morgan fingerprint density at radius 3 is 2.89 bits per heavy atom. The van der Waals surface area contributed by atoms with Gasteiger partial charge in [-0.1, -0.05) is 15.9 Å². The van der Waals surface area contributed by atoms with Gasteiger partial charge in [0.1, 0.15) is 5.75 Å². The first-order valence-electron chi connectivity index (χ1n) is 6.35. The molecule has 4 nitrogen and oxygen atoms in total. The molecule has 2 rings (SSSR count). The molecule has 1 aliphatic rings. The van der Waals surface area contributed by atoms with Crippen molar-refractivity contribution < 1.29 is 14.2 Å². The first kappa shape index (κ1) is 14.8. The second-order valence-corrected chi connectivity index (χ2v) is 5.89. The molecule has 0 bridgehead atoms. The molecule has 106 valence electrons. The average molecular weight is 330 g/mol. The minimum absolute atomic E-state index is 0.111. The molecule has 1 fully saturated rings. The van der Waals surface area contributed by atoms with Crippen LogP contribution in [0.1, 0.15) is 19.4 Å². The number of nitrogens with one attached hydrogen (secondary N) is 1. The van der Waals surface area contributed by atoms with E-state index in [0.717, 1.165) is 28.9 Å². The van der Waals surface area contributed by atoms with Gasteiger partial charge in [0.05, 0.1) is 19.8 Å². The second kappa shape index (κ2) is 6.22. The Bertz CT molecular complexity index is 437. The SMILES string of the molecule is COc1ccc(Br)c(CNCC2COC(C)(C)O2)c1. The molecular weight excluding hydrogens is 310 g/mol. The fraction of sp³-hybridized carbons (Fsp3) is 0.571. The molecule has 0 radical (unpaired) electrons. The monoisotopic (exact) mass is 329 g/mol. The molecule has 1 N–H and O–H groups in total. The van der Waals surface area contributed by atoms with Crippen LogP contribution in [-0.4, -0.2) is 32.2 Å². The summed E-state index contributed by atoms with van der Waals surface area (Å²) in [6.07, 6.45) is 0.111. The van der Waals surface area contributed by atoms with Crippen LogP contribution >= 0.6 is 15.9 Å². The zero-order valence-electron chi connectivity index (χ0n) is 11.5. The van der Waals surface area contributed by atoms with Crippen LogP contribution in [0.5, 0.6) is 5.75 Å². The lowest BCUT2D eigenvalue weighted by Crippen LogP contribution is -2.30. The van der Waals surface area contributed by atoms with Gasteiger partial charge in [-0.2, -0.15) is 0 Å². The van der Waals surface area contributed by atoms with Gasteiger partial charge in [-0.3, -0.25) is 0 Å². The summed E-state index contributed by atoms with van der Waals surface area (Å²) in [5.74, 6) is 0.407. The third-order valence-electron chi connectivity index (χ3n) is 3.01. The van der Waals surface area contributed by atoms with Gasteiger partial charge >= 0.3 is 0 Å². The molecule has 0 aromatic heterocycles. The van der Waals surface area contributed by atoms with Crippen molar-refractivity contribution in [3.63, 3.8) is 0 Å². The van der Waals surface area contributed by atoms with E-state index in [-0.39, 0.29) is 6.10 Å². The Morgan fingerprint density at radius 1 is 1.47 bits per heavy atom. The van der Waals surface area contributed by atoms with Crippen LogP contribution in [0.2, 0.25) is 0 Å². The highest BCUT2D eigenvalue weighted by Crippen LogP contribution is 2.23. The van der Waals surface area contributed by atoms with E-state index in [1.807, 2.05) is 32.0 Å². The molecule has 0 amide bonds. The van der Waals surface area contributed by atoms with Crippen LogP contribution in [0.3, 0.4) is 0 Å². The summed E-state index contributed by atoms with van der Waals surface area (Å²) in [7, 11) is 1.67. The molecule has 1 aromatic rings. The normalized spacial score (nSPS) is 21.6. The highest BCUT2D eigenvalue weighted by molar-refractivity contribution is 9.10. The van der Waals surface area contributed by atoms with Crippen molar-refractivity contribution >= 4 is 15.9 Å². The van der Waals surface area contributed by atoms with E-state index in [4.69, 9.17) is 14.2 Å². The summed E-state index contributed by atoms with van der Waals surface area (Å²) in [4.78, 5) is 0. The Morgan fingerprint density at radius 2 is 2.26 bits per heavy atom. The van der Waals surface area contributed by atoms with E-state index in [0.29, 0.717) is 6.61 Å². The fourth-order valence-electron chi connectivity index (χ4n) is 2.05. The number of ether oxygens (including phenoxy) is 3. The largest absolute Gasteiger partial charge is 0.497 e. The lowest BCUT2D eigenvalue weighted by Gasteiger charge is -2.17. The maximum atomic E-state index is 5.74. The third kappa shape index (κ3) is 4.18. The van der Waals surface area contributed by atoms with E-state index in [2.05, 4.69) is 21.2 Å². The van der Waals surface area contributed by atoms with Crippen molar-refractivity contribution in [1.29, 1.82) is 0 Å². The minimum Gasteiger partial charge on any atom is -0.497 e. The topological polar surface area (TPSA) is 39.7 Å². The second-order valence-electron chi connectivity index (χ2n) is 5.04. The van der Waals surface area contributed by atoms with E-state index in [1.54, 1.807) is 7.11 Å². The van der Waals surface area contributed by atoms with Gasteiger partial charge in [0, 0.05) is 17.6 Å². The Balaban J connectivity index is 1.83. The molecule has 1 heterocycles. The van der Waals surface area contributed by atoms with Crippen molar-refractivity contribution in [1.82, 2.24) is 5.32 Å². The van der Waals surface area contributed by atoms with Crippen LogP contribution in [0, 0.1) is 0 Å². The van der Waals surface area contributed by atoms with Crippen LogP contribution in [0.4, 0.5) is 0 Å². The van der Waals surface area contributed by atoms with Gasteiger partial charge in [0.2, 0.25) is 0 Å². The summed E-state index contributed by atoms with van der Waals surface area (Å²) < 4.78 is 17.6. The molecule has 0 spiro atoms. The van der Waals surface area contributed by atoms with Gasteiger partial charge in [0.15, 0.2) is 5.79 Å². The van der Waals surface area contributed by atoms with Crippen LogP contribution < -0.4 is 10.1 Å². The molecule has 19 heavy (non-hydrogen) atoms. The quantitative estimate of drug-likeness (QED) is 0.901. The predicted molar refractivity (Wildman–Crippen MR) is 77.3 cm³/mol. The molecular formula is C14H20BrNO3. The minimum atomic E-state index is -0.455. The van der Waals surface area contributed by atoms with Gasteiger partial charge < -0.3 is 19.5 Å². The van der Waals surface area contributed by atoms with Gasteiger partial charge in [-0.15, -0.1) is 0 Å². The lowest BCUT2D eigenvalue weighted by atomic mass is 10.2. The Hall–Kier alpha value is -0.620.